The number of fused-ring (bicyclic) bond motifs is 1. The first kappa shape index (κ1) is 19.1. The van der Waals surface area contributed by atoms with E-state index in [-0.39, 0.29) is 11.5 Å². The summed E-state index contributed by atoms with van der Waals surface area (Å²) < 4.78 is 1.40. The summed E-state index contributed by atoms with van der Waals surface area (Å²) in [5.41, 5.74) is 4.46. The van der Waals surface area contributed by atoms with Gasteiger partial charge in [-0.15, -0.1) is 11.3 Å². The number of aromatic nitrogens is 2. The summed E-state index contributed by atoms with van der Waals surface area (Å²) >= 11 is 1.43. The Morgan fingerprint density at radius 2 is 1.90 bits per heavy atom. The van der Waals surface area contributed by atoms with Crippen LogP contribution in [0.1, 0.15) is 24.1 Å². The maximum Gasteiger partial charge on any atom is 0.263 e. The molecule has 146 valence electrons. The van der Waals surface area contributed by atoms with Crippen molar-refractivity contribution in [3.63, 3.8) is 0 Å². The van der Waals surface area contributed by atoms with Crippen LogP contribution in [0.4, 0.5) is 5.69 Å². The highest BCUT2D eigenvalue weighted by atomic mass is 32.1. The smallest absolute Gasteiger partial charge is 0.263 e. The van der Waals surface area contributed by atoms with Gasteiger partial charge in [-0.05, 0) is 38.0 Å². The fourth-order valence-corrected chi connectivity index (χ4v) is 4.28. The van der Waals surface area contributed by atoms with Gasteiger partial charge in [0.25, 0.3) is 5.56 Å². The van der Waals surface area contributed by atoms with Gasteiger partial charge < -0.3 is 5.32 Å². The number of hydrogen-bond acceptors (Lipinski definition) is 4. The number of carbonyl (C=O) groups excluding carboxylic acids is 1. The van der Waals surface area contributed by atoms with Crippen molar-refractivity contribution < 1.29 is 4.79 Å². The van der Waals surface area contributed by atoms with Crippen LogP contribution in [0.3, 0.4) is 0 Å². The van der Waals surface area contributed by atoms with Crippen molar-refractivity contribution in [3.8, 4) is 11.1 Å². The minimum Gasteiger partial charge on any atom is -0.324 e. The number of amides is 1. The summed E-state index contributed by atoms with van der Waals surface area (Å²) in [4.78, 5) is 31.2. The number of nitrogens with one attached hydrogen (secondary N) is 1. The molecule has 0 radical (unpaired) electrons. The van der Waals surface area contributed by atoms with Gasteiger partial charge in [-0.25, -0.2) is 4.98 Å². The van der Waals surface area contributed by atoms with E-state index in [2.05, 4.69) is 10.3 Å². The molecule has 1 atom stereocenters. The molecule has 2 aromatic carbocycles. The molecule has 1 amide bonds. The van der Waals surface area contributed by atoms with Crippen LogP contribution in [0.2, 0.25) is 0 Å². The van der Waals surface area contributed by atoms with Crippen molar-refractivity contribution in [1.82, 2.24) is 9.55 Å². The Hall–Kier alpha value is -3.25. The fraction of sp³-hybridized carbons (Fsp3) is 0.174. The van der Waals surface area contributed by atoms with E-state index in [9.17, 15) is 9.59 Å². The van der Waals surface area contributed by atoms with Crippen molar-refractivity contribution in [3.05, 3.63) is 81.7 Å². The molecular weight excluding hydrogens is 382 g/mol. The third-order valence-corrected chi connectivity index (χ3v) is 5.93. The number of nitrogens with zero attached hydrogens (tertiary/aromatic N) is 2. The van der Waals surface area contributed by atoms with Gasteiger partial charge in [0.15, 0.2) is 0 Å². The van der Waals surface area contributed by atoms with Crippen LogP contribution in [0.25, 0.3) is 21.3 Å². The quantitative estimate of drug-likeness (QED) is 0.525. The summed E-state index contributed by atoms with van der Waals surface area (Å²) in [6.07, 6.45) is 1.46. The molecule has 0 fully saturated rings. The summed E-state index contributed by atoms with van der Waals surface area (Å²) in [6.45, 7) is 5.67. The molecule has 0 unspecified atom stereocenters. The van der Waals surface area contributed by atoms with E-state index in [0.29, 0.717) is 10.2 Å². The second kappa shape index (κ2) is 7.64. The Kier molecular flexibility index (Phi) is 5.03. The zero-order valence-electron chi connectivity index (χ0n) is 16.5. The Bertz CT molecular complexity index is 1260. The van der Waals surface area contributed by atoms with Crippen LogP contribution in [0.15, 0.2) is 65.0 Å². The molecule has 4 rings (SSSR count). The number of hydrogen-bond donors (Lipinski definition) is 1. The van der Waals surface area contributed by atoms with Crippen LogP contribution in [0.5, 0.6) is 0 Å². The van der Waals surface area contributed by atoms with E-state index in [4.69, 9.17) is 0 Å². The summed E-state index contributed by atoms with van der Waals surface area (Å²) in [5, 5.41) is 5.42. The van der Waals surface area contributed by atoms with Crippen LogP contribution in [-0.2, 0) is 4.79 Å². The number of anilines is 1. The number of carbonyl (C=O) groups is 1. The van der Waals surface area contributed by atoms with Gasteiger partial charge in [0, 0.05) is 16.6 Å². The average molecular weight is 404 g/mol. The third-order valence-electron chi connectivity index (χ3n) is 5.04. The molecule has 29 heavy (non-hydrogen) atoms. The lowest BCUT2D eigenvalue weighted by Gasteiger charge is -2.16. The van der Waals surface area contributed by atoms with Gasteiger partial charge in [0.05, 0.1) is 11.7 Å². The van der Waals surface area contributed by atoms with Crippen molar-refractivity contribution in [2.75, 3.05) is 5.32 Å². The Morgan fingerprint density at radius 1 is 1.14 bits per heavy atom. The maximum absolute atomic E-state index is 13.2. The minimum atomic E-state index is -0.691. The Morgan fingerprint density at radius 3 is 2.62 bits per heavy atom. The lowest BCUT2D eigenvalue weighted by molar-refractivity contribution is -0.118. The number of thiophene rings is 1. The SMILES string of the molecule is Cc1ccc(NC(=O)[C@@H](C)n2cnc3scc(-c4ccccc4)c3c2=O)c(C)c1. The highest BCUT2D eigenvalue weighted by Gasteiger charge is 2.20. The molecule has 4 aromatic rings. The number of benzene rings is 2. The highest BCUT2D eigenvalue weighted by molar-refractivity contribution is 7.17. The molecule has 0 aliphatic rings. The van der Waals surface area contributed by atoms with E-state index < -0.39 is 6.04 Å². The van der Waals surface area contributed by atoms with Crippen LogP contribution < -0.4 is 10.9 Å². The zero-order valence-corrected chi connectivity index (χ0v) is 17.3. The average Bonchev–Trinajstić information content (AvgIpc) is 3.15. The van der Waals surface area contributed by atoms with E-state index in [1.165, 1.54) is 22.2 Å². The van der Waals surface area contributed by atoms with E-state index in [1.807, 2.05) is 67.8 Å². The van der Waals surface area contributed by atoms with Gasteiger partial charge in [0.1, 0.15) is 10.9 Å². The first-order valence-corrected chi connectivity index (χ1v) is 10.3. The normalized spacial score (nSPS) is 12.1. The van der Waals surface area contributed by atoms with E-state index in [1.54, 1.807) is 6.92 Å². The molecule has 1 N–H and O–H groups in total. The van der Waals surface area contributed by atoms with Gasteiger partial charge in [-0.1, -0.05) is 48.0 Å². The van der Waals surface area contributed by atoms with Crippen molar-refractivity contribution in [2.45, 2.75) is 26.8 Å². The number of rotatable bonds is 4. The Balaban J connectivity index is 1.71. The predicted molar refractivity (Wildman–Crippen MR) is 119 cm³/mol. The van der Waals surface area contributed by atoms with Crippen LogP contribution >= 0.6 is 11.3 Å². The van der Waals surface area contributed by atoms with Gasteiger partial charge >= 0.3 is 0 Å². The van der Waals surface area contributed by atoms with E-state index in [0.717, 1.165) is 27.9 Å². The molecule has 0 saturated carbocycles. The topological polar surface area (TPSA) is 64.0 Å². The molecule has 2 heterocycles. The first-order valence-electron chi connectivity index (χ1n) is 9.37. The van der Waals surface area contributed by atoms with Gasteiger partial charge in [-0.3, -0.25) is 14.2 Å². The van der Waals surface area contributed by atoms with Crippen LogP contribution in [0, 0.1) is 13.8 Å². The van der Waals surface area contributed by atoms with Gasteiger partial charge in [-0.2, -0.15) is 0 Å². The fourth-order valence-electron chi connectivity index (χ4n) is 3.37. The Labute approximate surface area is 172 Å². The second-order valence-corrected chi connectivity index (χ2v) is 7.99. The van der Waals surface area contributed by atoms with Crippen molar-refractivity contribution in [1.29, 1.82) is 0 Å². The minimum absolute atomic E-state index is 0.210. The molecule has 5 nitrogen and oxygen atoms in total. The third kappa shape index (κ3) is 3.59. The predicted octanol–water partition coefficient (Wildman–Crippen LogP) is 4.94. The largest absolute Gasteiger partial charge is 0.324 e. The van der Waals surface area contributed by atoms with E-state index >= 15 is 0 Å². The standard InChI is InChI=1S/C23H21N3O2S/c1-14-9-10-19(15(2)11-14)25-21(27)16(3)26-13-24-22-20(23(26)28)18(12-29-22)17-7-5-4-6-8-17/h4-13,16H,1-3H3,(H,25,27)/t16-/m1/s1. The van der Waals surface area contributed by atoms with Gasteiger partial charge in [0.2, 0.25) is 5.91 Å². The summed E-state index contributed by atoms with van der Waals surface area (Å²) in [6, 6.07) is 14.9. The maximum atomic E-state index is 13.2. The number of aryl methyl sites for hydroxylation is 2. The molecule has 0 bridgehead atoms. The highest BCUT2D eigenvalue weighted by Crippen LogP contribution is 2.30. The van der Waals surface area contributed by atoms with Crippen molar-refractivity contribution in [2.24, 2.45) is 0 Å². The lowest BCUT2D eigenvalue weighted by Crippen LogP contribution is -2.31. The molecule has 0 aliphatic heterocycles. The van der Waals surface area contributed by atoms with Crippen molar-refractivity contribution >= 4 is 33.1 Å². The first-order chi connectivity index (χ1) is 14.0. The lowest BCUT2D eigenvalue weighted by atomic mass is 10.1. The second-order valence-electron chi connectivity index (χ2n) is 7.14. The molecule has 0 saturated heterocycles. The monoisotopic (exact) mass is 403 g/mol. The summed E-state index contributed by atoms with van der Waals surface area (Å²) in [7, 11) is 0. The van der Waals surface area contributed by atoms with Crippen LogP contribution in [-0.4, -0.2) is 15.5 Å². The molecule has 2 aromatic heterocycles. The summed E-state index contributed by atoms with van der Waals surface area (Å²) in [5.74, 6) is -0.253. The molecule has 0 spiro atoms. The molecule has 6 heteroatoms. The molecular formula is C23H21N3O2S. The zero-order chi connectivity index (χ0) is 20.5. The molecule has 0 aliphatic carbocycles.